The molecule has 0 aromatic carbocycles. The summed E-state index contributed by atoms with van der Waals surface area (Å²) in [6, 6.07) is 0.0128. The first-order chi connectivity index (χ1) is 12.3. The molecule has 1 aromatic rings. The molecular weight excluding hydrogens is 362 g/mol. The fraction of sp³-hybridized carbons (Fsp3) is 0.667. The molecule has 2 amide bonds. The standard InChI is InChI=1S/C15H23N5O5S/c1-26(23,24)16-5-2-13(21)20-6-3-11-12(8-20)18-19-14(11)15(22)17-10-4-7-25-9-10/h10,16H,2-9H2,1H3,(H,17,22)(H,18,19). The van der Waals surface area contributed by atoms with Gasteiger partial charge in [-0.15, -0.1) is 0 Å². The fourth-order valence-corrected chi connectivity index (χ4v) is 3.60. The maximum absolute atomic E-state index is 12.4. The molecule has 3 rings (SSSR count). The van der Waals surface area contributed by atoms with Crippen LogP contribution in [0.2, 0.25) is 0 Å². The maximum Gasteiger partial charge on any atom is 0.272 e. The molecule has 0 bridgehead atoms. The van der Waals surface area contributed by atoms with Crippen LogP contribution in [0.5, 0.6) is 0 Å². The van der Waals surface area contributed by atoms with Gasteiger partial charge >= 0.3 is 0 Å². The number of hydrogen-bond acceptors (Lipinski definition) is 6. The second-order valence-corrected chi connectivity index (χ2v) is 8.38. The smallest absolute Gasteiger partial charge is 0.272 e. The summed E-state index contributed by atoms with van der Waals surface area (Å²) in [5.74, 6) is -0.370. The van der Waals surface area contributed by atoms with Gasteiger partial charge in [0.05, 0.1) is 31.1 Å². The van der Waals surface area contributed by atoms with Crippen molar-refractivity contribution in [3.05, 3.63) is 17.0 Å². The van der Waals surface area contributed by atoms with Crippen molar-refractivity contribution in [2.75, 3.05) is 32.6 Å². The van der Waals surface area contributed by atoms with Gasteiger partial charge in [-0.25, -0.2) is 13.1 Å². The highest BCUT2D eigenvalue weighted by Gasteiger charge is 2.28. The molecule has 0 radical (unpaired) electrons. The third-order valence-corrected chi connectivity index (χ3v) is 5.20. The predicted molar refractivity (Wildman–Crippen MR) is 91.9 cm³/mol. The first-order valence-electron chi connectivity index (χ1n) is 8.50. The van der Waals surface area contributed by atoms with Gasteiger partial charge in [0.25, 0.3) is 5.91 Å². The SMILES string of the molecule is CS(=O)(=O)NCCC(=O)N1CCc2c(C(=O)NC3CCOC3)n[nH]c2C1. The molecule has 3 N–H and O–H groups in total. The minimum absolute atomic E-state index is 0.0128. The lowest BCUT2D eigenvalue weighted by molar-refractivity contribution is -0.132. The molecule has 2 aliphatic rings. The average molecular weight is 385 g/mol. The van der Waals surface area contributed by atoms with Crippen molar-refractivity contribution in [1.29, 1.82) is 0 Å². The minimum Gasteiger partial charge on any atom is -0.379 e. The van der Waals surface area contributed by atoms with E-state index in [1.54, 1.807) is 4.90 Å². The van der Waals surface area contributed by atoms with Crippen LogP contribution in [0.1, 0.15) is 34.6 Å². The Balaban J connectivity index is 1.57. The summed E-state index contributed by atoms with van der Waals surface area (Å²) >= 11 is 0. The second-order valence-electron chi connectivity index (χ2n) is 6.55. The van der Waals surface area contributed by atoms with Crippen LogP contribution in [-0.2, 0) is 32.5 Å². The lowest BCUT2D eigenvalue weighted by atomic mass is 10.0. The molecule has 1 aromatic heterocycles. The van der Waals surface area contributed by atoms with Crippen LogP contribution in [0.4, 0.5) is 0 Å². The lowest BCUT2D eigenvalue weighted by Crippen LogP contribution is -2.39. The van der Waals surface area contributed by atoms with E-state index < -0.39 is 10.0 Å². The summed E-state index contributed by atoms with van der Waals surface area (Å²) in [5, 5.41) is 9.89. The normalized spacial score (nSPS) is 20.0. The Bertz CT molecular complexity index is 784. The molecule has 0 aliphatic carbocycles. The first-order valence-corrected chi connectivity index (χ1v) is 10.4. The Hall–Kier alpha value is -1.98. The summed E-state index contributed by atoms with van der Waals surface area (Å²) in [6.45, 7) is 2.04. The summed E-state index contributed by atoms with van der Waals surface area (Å²) in [4.78, 5) is 26.3. The van der Waals surface area contributed by atoms with Crippen LogP contribution in [0, 0.1) is 0 Å². The Morgan fingerprint density at radius 1 is 1.42 bits per heavy atom. The fourth-order valence-electron chi connectivity index (χ4n) is 3.12. The highest BCUT2D eigenvalue weighted by Crippen LogP contribution is 2.21. The topological polar surface area (TPSA) is 133 Å². The first kappa shape index (κ1) is 18.8. The van der Waals surface area contributed by atoms with Crippen LogP contribution < -0.4 is 10.0 Å². The number of fused-ring (bicyclic) bond motifs is 1. The van der Waals surface area contributed by atoms with Crippen LogP contribution in [-0.4, -0.2) is 73.9 Å². The van der Waals surface area contributed by atoms with E-state index in [1.807, 2.05) is 0 Å². The molecule has 1 atom stereocenters. The number of carbonyl (C=O) groups excluding carboxylic acids is 2. The summed E-state index contributed by atoms with van der Waals surface area (Å²) in [6.07, 6.45) is 2.47. The van der Waals surface area contributed by atoms with E-state index in [2.05, 4.69) is 20.2 Å². The van der Waals surface area contributed by atoms with E-state index in [0.717, 1.165) is 23.9 Å². The van der Waals surface area contributed by atoms with E-state index in [0.29, 0.717) is 38.4 Å². The van der Waals surface area contributed by atoms with E-state index in [1.165, 1.54) is 0 Å². The zero-order valence-corrected chi connectivity index (χ0v) is 15.4. The van der Waals surface area contributed by atoms with Gasteiger partial charge in [-0.05, 0) is 12.8 Å². The number of H-pyrrole nitrogens is 1. The number of nitrogens with zero attached hydrogens (tertiary/aromatic N) is 2. The van der Waals surface area contributed by atoms with Gasteiger partial charge in [0.15, 0.2) is 5.69 Å². The third-order valence-electron chi connectivity index (χ3n) is 4.47. The van der Waals surface area contributed by atoms with Crippen molar-refractivity contribution in [1.82, 2.24) is 25.1 Å². The monoisotopic (exact) mass is 385 g/mol. The number of aromatic nitrogens is 2. The molecule has 26 heavy (non-hydrogen) atoms. The molecule has 11 heteroatoms. The van der Waals surface area contributed by atoms with Crippen molar-refractivity contribution in [2.24, 2.45) is 0 Å². The molecule has 10 nitrogen and oxygen atoms in total. The second kappa shape index (κ2) is 7.72. The van der Waals surface area contributed by atoms with Gasteiger partial charge in [0, 0.05) is 31.7 Å². The van der Waals surface area contributed by atoms with E-state index in [9.17, 15) is 18.0 Å². The molecule has 0 saturated carbocycles. The Labute approximate surface area is 151 Å². The largest absolute Gasteiger partial charge is 0.379 e. The average Bonchev–Trinajstić information content (AvgIpc) is 3.21. The number of amides is 2. The highest BCUT2D eigenvalue weighted by molar-refractivity contribution is 7.88. The van der Waals surface area contributed by atoms with Gasteiger partial charge in [-0.1, -0.05) is 0 Å². The van der Waals surface area contributed by atoms with Crippen molar-refractivity contribution in [3.8, 4) is 0 Å². The molecule has 2 aliphatic heterocycles. The summed E-state index contributed by atoms with van der Waals surface area (Å²) in [5.41, 5.74) is 1.95. The zero-order chi connectivity index (χ0) is 18.7. The molecule has 1 saturated heterocycles. The third kappa shape index (κ3) is 4.59. The van der Waals surface area contributed by atoms with Crippen LogP contribution in [0.15, 0.2) is 0 Å². The van der Waals surface area contributed by atoms with Crippen molar-refractivity contribution < 1.29 is 22.7 Å². The number of aromatic amines is 1. The number of nitrogens with one attached hydrogen (secondary N) is 3. The van der Waals surface area contributed by atoms with E-state index in [4.69, 9.17) is 4.74 Å². The number of carbonyl (C=O) groups is 2. The van der Waals surface area contributed by atoms with E-state index in [-0.39, 0.29) is 30.8 Å². The predicted octanol–water partition coefficient (Wildman–Crippen LogP) is -1.25. The number of sulfonamides is 1. The number of rotatable bonds is 6. The van der Waals surface area contributed by atoms with Gasteiger partial charge in [0.1, 0.15) is 0 Å². The lowest BCUT2D eigenvalue weighted by Gasteiger charge is -2.27. The van der Waals surface area contributed by atoms with Crippen molar-refractivity contribution in [2.45, 2.75) is 31.8 Å². The van der Waals surface area contributed by atoms with Gasteiger partial charge in [0.2, 0.25) is 15.9 Å². The van der Waals surface area contributed by atoms with Crippen LogP contribution >= 0.6 is 0 Å². The van der Waals surface area contributed by atoms with E-state index >= 15 is 0 Å². The van der Waals surface area contributed by atoms with Crippen molar-refractivity contribution in [3.63, 3.8) is 0 Å². The Kier molecular flexibility index (Phi) is 5.58. The molecule has 1 unspecified atom stereocenters. The zero-order valence-electron chi connectivity index (χ0n) is 14.6. The summed E-state index contributed by atoms with van der Waals surface area (Å²) < 4.78 is 29.7. The quantitative estimate of drug-likeness (QED) is 0.560. The highest BCUT2D eigenvalue weighted by atomic mass is 32.2. The number of ether oxygens (including phenoxy) is 1. The van der Waals surface area contributed by atoms with Crippen molar-refractivity contribution >= 4 is 21.8 Å². The summed E-state index contributed by atoms with van der Waals surface area (Å²) in [7, 11) is -3.31. The van der Waals surface area contributed by atoms with Crippen LogP contribution in [0.3, 0.4) is 0 Å². The maximum atomic E-state index is 12.4. The van der Waals surface area contributed by atoms with Crippen LogP contribution in [0.25, 0.3) is 0 Å². The Morgan fingerprint density at radius 2 is 2.23 bits per heavy atom. The van der Waals surface area contributed by atoms with Gasteiger partial charge in [-0.2, -0.15) is 5.10 Å². The molecule has 0 spiro atoms. The minimum atomic E-state index is -3.31. The molecule has 3 heterocycles. The van der Waals surface area contributed by atoms with Gasteiger partial charge < -0.3 is 15.0 Å². The molecular formula is C15H23N5O5S. The Morgan fingerprint density at radius 3 is 2.92 bits per heavy atom. The molecule has 1 fully saturated rings. The van der Waals surface area contributed by atoms with Gasteiger partial charge in [-0.3, -0.25) is 14.7 Å². The molecule has 144 valence electrons. The number of hydrogen-bond donors (Lipinski definition) is 3.